The number of amides is 2. The van der Waals surface area contributed by atoms with Crippen molar-refractivity contribution in [3.05, 3.63) is 52.0 Å². The zero-order valence-electron chi connectivity index (χ0n) is 11.0. The Kier molecular flexibility index (Phi) is 3.23. The van der Waals surface area contributed by atoms with Crippen molar-refractivity contribution in [1.29, 1.82) is 0 Å². The maximum absolute atomic E-state index is 12.0. The average molecular weight is 286 g/mol. The number of hydrogen-bond acceptors (Lipinski definition) is 4. The average Bonchev–Trinajstić information content (AvgIpc) is 2.95. The lowest BCUT2D eigenvalue weighted by atomic mass is 10.1. The van der Waals surface area contributed by atoms with Gasteiger partial charge in [-0.25, -0.2) is 9.78 Å². The van der Waals surface area contributed by atoms with Gasteiger partial charge in [0.1, 0.15) is 11.9 Å². The minimum absolute atomic E-state index is 0.304. The van der Waals surface area contributed by atoms with Crippen LogP contribution in [0.2, 0.25) is 0 Å². The first-order chi connectivity index (χ1) is 9.65. The van der Waals surface area contributed by atoms with Crippen LogP contribution < -0.4 is 5.73 Å². The number of aryl methyl sites for hydroxylation is 1. The third-order valence-corrected chi connectivity index (χ3v) is 3.97. The molecule has 1 aliphatic heterocycles. The minimum atomic E-state index is -0.354. The Labute approximate surface area is 120 Å². The highest BCUT2D eigenvalue weighted by molar-refractivity contribution is 7.09. The summed E-state index contributed by atoms with van der Waals surface area (Å²) in [6, 6.07) is 9.14. The molecule has 1 atom stereocenters. The number of nitrogens with zero attached hydrogens (tertiary/aromatic N) is 3. The number of carbonyl (C=O) groups excluding carboxylic acids is 1. The molecule has 0 fully saturated rings. The normalized spacial score (nSPS) is 18.4. The molecule has 2 N–H and O–H groups in total. The molecule has 2 amide bonds. The van der Waals surface area contributed by atoms with E-state index in [2.05, 4.69) is 9.98 Å². The van der Waals surface area contributed by atoms with Gasteiger partial charge in [-0.2, -0.15) is 4.99 Å². The minimum Gasteiger partial charge on any atom is -0.385 e. The van der Waals surface area contributed by atoms with Crippen LogP contribution in [0.1, 0.15) is 22.3 Å². The predicted molar refractivity (Wildman–Crippen MR) is 78.6 cm³/mol. The van der Waals surface area contributed by atoms with Gasteiger partial charge in [0, 0.05) is 11.9 Å². The van der Waals surface area contributed by atoms with Crippen molar-refractivity contribution in [3.63, 3.8) is 0 Å². The van der Waals surface area contributed by atoms with Crippen LogP contribution in [0.15, 0.2) is 40.7 Å². The number of amidine groups is 1. The lowest BCUT2D eigenvalue weighted by Gasteiger charge is -2.22. The van der Waals surface area contributed by atoms with Gasteiger partial charge in [-0.3, -0.25) is 0 Å². The molecule has 6 heteroatoms. The van der Waals surface area contributed by atoms with Crippen molar-refractivity contribution in [2.45, 2.75) is 19.5 Å². The van der Waals surface area contributed by atoms with E-state index in [4.69, 9.17) is 5.73 Å². The second-order valence-electron chi connectivity index (χ2n) is 4.63. The molecule has 20 heavy (non-hydrogen) atoms. The quantitative estimate of drug-likeness (QED) is 0.942. The molecule has 0 spiro atoms. The molecule has 1 aromatic carbocycles. The molecule has 0 aliphatic carbocycles. The zero-order valence-corrected chi connectivity index (χ0v) is 11.8. The van der Waals surface area contributed by atoms with Gasteiger partial charge in [0.05, 0.1) is 10.7 Å². The smallest absolute Gasteiger partial charge is 0.346 e. The van der Waals surface area contributed by atoms with Crippen LogP contribution in [0.4, 0.5) is 4.79 Å². The Balaban J connectivity index is 1.90. The van der Waals surface area contributed by atoms with Crippen LogP contribution in [0.3, 0.4) is 0 Å². The van der Waals surface area contributed by atoms with Gasteiger partial charge < -0.3 is 10.6 Å². The number of benzene rings is 1. The molecule has 102 valence electrons. The van der Waals surface area contributed by atoms with Gasteiger partial charge in [-0.15, -0.1) is 11.3 Å². The van der Waals surface area contributed by atoms with Gasteiger partial charge in [0.25, 0.3) is 0 Å². The lowest BCUT2D eigenvalue weighted by molar-refractivity contribution is 0.203. The van der Waals surface area contributed by atoms with Crippen LogP contribution in [0.25, 0.3) is 0 Å². The Bertz CT molecular complexity index is 665. The van der Waals surface area contributed by atoms with Gasteiger partial charge in [0.15, 0.2) is 0 Å². The molecule has 0 bridgehead atoms. The van der Waals surface area contributed by atoms with Crippen LogP contribution in [0, 0.1) is 6.92 Å². The number of urea groups is 1. The summed E-state index contributed by atoms with van der Waals surface area (Å²) in [5, 5.41) is 2.88. The van der Waals surface area contributed by atoms with Crippen molar-refractivity contribution in [2.75, 3.05) is 0 Å². The van der Waals surface area contributed by atoms with Crippen molar-refractivity contribution >= 4 is 23.2 Å². The number of thiazole rings is 1. The van der Waals surface area contributed by atoms with Crippen molar-refractivity contribution in [1.82, 2.24) is 9.88 Å². The van der Waals surface area contributed by atoms with E-state index in [0.717, 1.165) is 16.3 Å². The van der Waals surface area contributed by atoms with Crippen LogP contribution in [-0.2, 0) is 6.54 Å². The Morgan fingerprint density at radius 1 is 1.35 bits per heavy atom. The van der Waals surface area contributed by atoms with E-state index >= 15 is 0 Å². The molecule has 0 radical (unpaired) electrons. The van der Waals surface area contributed by atoms with Crippen molar-refractivity contribution < 1.29 is 4.79 Å². The predicted octanol–water partition coefficient (Wildman–Crippen LogP) is 2.49. The van der Waals surface area contributed by atoms with E-state index in [1.54, 1.807) is 16.2 Å². The number of nitrogens with two attached hydrogens (primary N) is 1. The first-order valence-corrected chi connectivity index (χ1v) is 7.14. The maximum Gasteiger partial charge on any atom is 0.346 e. The number of aromatic nitrogens is 1. The number of hydrogen-bond donors (Lipinski definition) is 1. The van der Waals surface area contributed by atoms with Crippen LogP contribution in [-0.4, -0.2) is 21.8 Å². The number of aliphatic imine (C=N–C) groups is 1. The molecular weight excluding hydrogens is 272 g/mol. The highest BCUT2D eigenvalue weighted by Crippen LogP contribution is 2.29. The van der Waals surface area contributed by atoms with E-state index < -0.39 is 0 Å². The Morgan fingerprint density at radius 3 is 2.75 bits per heavy atom. The third-order valence-electron chi connectivity index (χ3n) is 3.17. The standard InChI is InChI=1S/C14H14N4OS/c1-9-16-11(8-20-9)12-13(15)17-14(19)18(12)7-10-5-3-2-4-6-10/h2-6,8,12H,7H2,1H3,(H2,15,17,19). The molecule has 1 aliphatic rings. The fraction of sp³-hybridized carbons (Fsp3) is 0.214. The Morgan fingerprint density at radius 2 is 2.10 bits per heavy atom. The molecule has 1 aromatic heterocycles. The molecule has 0 saturated heterocycles. The van der Waals surface area contributed by atoms with Gasteiger partial charge in [0.2, 0.25) is 0 Å². The summed E-state index contributed by atoms with van der Waals surface area (Å²) in [7, 11) is 0. The van der Waals surface area contributed by atoms with Crippen LogP contribution >= 0.6 is 11.3 Å². The summed E-state index contributed by atoms with van der Waals surface area (Å²) < 4.78 is 0. The first-order valence-electron chi connectivity index (χ1n) is 6.26. The highest BCUT2D eigenvalue weighted by atomic mass is 32.1. The largest absolute Gasteiger partial charge is 0.385 e. The zero-order chi connectivity index (χ0) is 14.1. The fourth-order valence-electron chi connectivity index (χ4n) is 2.26. The fourth-order valence-corrected chi connectivity index (χ4v) is 2.89. The second kappa shape index (κ2) is 5.05. The highest BCUT2D eigenvalue weighted by Gasteiger charge is 2.35. The molecule has 2 aromatic rings. The molecular formula is C14H14N4OS. The summed E-state index contributed by atoms with van der Waals surface area (Å²) in [5.41, 5.74) is 7.74. The summed E-state index contributed by atoms with van der Waals surface area (Å²) in [6.07, 6.45) is 0. The maximum atomic E-state index is 12.0. The van der Waals surface area contributed by atoms with Gasteiger partial charge in [-0.1, -0.05) is 30.3 Å². The summed E-state index contributed by atoms with van der Waals surface area (Å²) in [5.74, 6) is 0.316. The monoisotopic (exact) mass is 286 g/mol. The summed E-state index contributed by atoms with van der Waals surface area (Å²) in [6.45, 7) is 2.41. The number of rotatable bonds is 3. The van der Waals surface area contributed by atoms with Gasteiger partial charge >= 0.3 is 6.03 Å². The van der Waals surface area contributed by atoms with E-state index in [0.29, 0.717) is 12.4 Å². The third kappa shape index (κ3) is 2.30. The molecule has 2 heterocycles. The SMILES string of the molecule is Cc1nc(C2C(N)=NC(=O)N2Cc2ccccc2)cs1. The summed E-state index contributed by atoms with van der Waals surface area (Å²) >= 11 is 1.54. The van der Waals surface area contributed by atoms with E-state index in [1.165, 1.54) is 0 Å². The first kappa shape index (κ1) is 12.8. The molecule has 0 saturated carbocycles. The van der Waals surface area contributed by atoms with E-state index in [1.807, 2.05) is 42.6 Å². The van der Waals surface area contributed by atoms with Crippen LogP contribution in [0.5, 0.6) is 0 Å². The molecule has 5 nitrogen and oxygen atoms in total. The lowest BCUT2D eigenvalue weighted by Crippen LogP contribution is -2.33. The topological polar surface area (TPSA) is 71.6 Å². The van der Waals surface area contributed by atoms with Crippen molar-refractivity contribution in [2.24, 2.45) is 10.7 Å². The number of carbonyl (C=O) groups is 1. The van der Waals surface area contributed by atoms with E-state index in [-0.39, 0.29) is 12.1 Å². The molecule has 1 unspecified atom stereocenters. The van der Waals surface area contributed by atoms with Gasteiger partial charge in [-0.05, 0) is 12.5 Å². The summed E-state index contributed by atoms with van der Waals surface area (Å²) in [4.78, 5) is 22.0. The van der Waals surface area contributed by atoms with E-state index in [9.17, 15) is 4.79 Å². The Hall–Kier alpha value is -2.21. The van der Waals surface area contributed by atoms with Crippen molar-refractivity contribution in [3.8, 4) is 0 Å². The second-order valence-corrected chi connectivity index (χ2v) is 5.69. The molecule has 3 rings (SSSR count).